The highest BCUT2D eigenvalue weighted by atomic mass is 16.5. The number of likely N-dealkylation sites (tertiary alicyclic amines) is 1. The van der Waals surface area contributed by atoms with Crippen molar-refractivity contribution < 1.29 is 14.3 Å². The number of para-hydroxylation sites is 1. The number of anilines is 1. The van der Waals surface area contributed by atoms with Crippen LogP contribution in [0.2, 0.25) is 0 Å². The first-order valence-electron chi connectivity index (χ1n) is 8.91. The number of benzene rings is 2. The van der Waals surface area contributed by atoms with E-state index in [2.05, 4.69) is 16.3 Å². The smallest absolute Gasteiger partial charge is 0.238 e. The number of hydrogen-bond acceptors (Lipinski definition) is 5. The zero-order chi connectivity index (χ0) is 19.2. The molecule has 6 heteroatoms. The molecule has 0 radical (unpaired) electrons. The van der Waals surface area contributed by atoms with Crippen LogP contribution in [0.5, 0.6) is 11.5 Å². The van der Waals surface area contributed by atoms with Gasteiger partial charge in [-0.25, -0.2) is 0 Å². The summed E-state index contributed by atoms with van der Waals surface area (Å²) in [5, 5.41) is 12.0. The molecule has 0 unspecified atom stereocenters. The summed E-state index contributed by atoms with van der Waals surface area (Å²) < 4.78 is 10.8. The van der Waals surface area contributed by atoms with Crippen LogP contribution in [0.15, 0.2) is 42.5 Å². The number of methoxy groups -OCH3 is 2. The van der Waals surface area contributed by atoms with Gasteiger partial charge >= 0.3 is 0 Å². The van der Waals surface area contributed by atoms with Crippen LogP contribution in [0.4, 0.5) is 5.69 Å². The normalized spacial score (nSPS) is 16.6. The average Bonchev–Trinajstić information content (AvgIpc) is 3.15. The van der Waals surface area contributed by atoms with E-state index in [-0.39, 0.29) is 18.5 Å². The second-order valence-corrected chi connectivity index (χ2v) is 6.44. The first-order chi connectivity index (χ1) is 13.2. The van der Waals surface area contributed by atoms with Gasteiger partial charge in [0.15, 0.2) is 0 Å². The fourth-order valence-corrected chi connectivity index (χ4v) is 3.53. The molecule has 3 rings (SSSR count). The number of hydrogen-bond donors (Lipinski definition) is 1. The molecule has 1 N–H and O–H groups in total. The van der Waals surface area contributed by atoms with Gasteiger partial charge < -0.3 is 14.8 Å². The van der Waals surface area contributed by atoms with Crippen molar-refractivity contribution >= 4 is 11.6 Å². The van der Waals surface area contributed by atoms with Crippen LogP contribution in [-0.4, -0.2) is 38.1 Å². The topological polar surface area (TPSA) is 74.6 Å². The Bertz CT molecular complexity index is 860. The maximum absolute atomic E-state index is 12.6. The molecule has 1 aliphatic rings. The van der Waals surface area contributed by atoms with Gasteiger partial charge in [-0.05, 0) is 37.6 Å². The molecule has 1 heterocycles. The van der Waals surface area contributed by atoms with Crippen molar-refractivity contribution in [2.45, 2.75) is 18.9 Å². The van der Waals surface area contributed by atoms with Crippen molar-refractivity contribution in [3.8, 4) is 17.6 Å². The Hall–Kier alpha value is -3.04. The standard InChI is InChI=1S/C21H23N3O3/c1-26-16-9-10-17(20(12-16)27-2)19-8-5-11-24(19)14-21(25)23-18-7-4-3-6-15(18)13-22/h3-4,6-7,9-10,12,19H,5,8,11,14H2,1-2H3,(H,23,25)/t19-/m1/s1. The number of nitrogens with zero attached hydrogens (tertiary/aromatic N) is 2. The van der Waals surface area contributed by atoms with Gasteiger partial charge in [0.05, 0.1) is 32.0 Å². The third kappa shape index (κ3) is 4.21. The second kappa shape index (κ2) is 8.56. The van der Waals surface area contributed by atoms with Crippen molar-refractivity contribution in [3.05, 3.63) is 53.6 Å². The molecule has 0 aliphatic carbocycles. The first-order valence-corrected chi connectivity index (χ1v) is 8.91. The lowest BCUT2D eigenvalue weighted by atomic mass is 10.0. The third-order valence-electron chi connectivity index (χ3n) is 4.83. The lowest BCUT2D eigenvalue weighted by molar-refractivity contribution is -0.117. The van der Waals surface area contributed by atoms with Crippen LogP contribution in [-0.2, 0) is 4.79 Å². The molecule has 1 aliphatic heterocycles. The summed E-state index contributed by atoms with van der Waals surface area (Å²) in [7, 11) is 3.27. The molecule has 1 amide bonds. The quantitative estimate of drug-likeness (QED) is 0.850. The molecular weight excluding hydrogens is 342 g/mol. The summed E-state index contributed by atoms with van der Waals surface area (Å²) in [5.74, 6) is 1.38. The van der Waals surface area contributed by atoms with E-state index in [1.165, 1.54) is 0 Å². The summed E-state index contributed by atoms with van der Waals surface area (Å²) in [6, 6.07) is 15.0. The minimum absolute atomic E-state index is 0.114. The monoisotopic (exact) mass is 365 g/mol. The van der Waals surface area contributed by atoms with Crippen LogP contribution >= 0.6 is 0 Å². The second-order valence-electron chi connectivity index (χ2n) is 6.44. The Morgan fingerprint density at radius 1 is 1.26 bits per heavy atom. The Labute approximate surface area is 159 Å². The van der Waals surface area contributed by atoms with E-state index in [4.69, 9.17) is 9.47 Å². The summed E-state index contributed by atoms with van der Waals surface area (Å²) in [4.78, 5) is 14.7. The Kier molecular flexibility index (Phi) is 5.94. The predicted molar refractivity (Wildman–Crippen MR) is 103 cm³/mol. The van der Waals surface area contributed by atoms with Crippen LogP contribution in [0, 0.1) is 11.3 Å². The molecule has 1 fully saturated rings. The average molecular weight is 365 g/mol. The SMILES string of the molecule is COc1ccc([C@H]2CCCN2CC(=O)Nc2ccccc2C#N)c(OC)c1. The van der Waals surface area contributed by atoms with Crippen LogP contribution in [0.1, 0.15) is 30.0 Å². The fraction of sp³-hybridized carbons (Fsp3) is 0.333. The van der Waals surface area contributed by atoms with Crippen LogP contribution in [0.3, 0.4) is 0 Å². The van der Waals surface area contributed by atoms with E-state index in [1.807, 2.05) is 18.2 Å². The molecule has 2 aromatic carbocycles. The summed E-state index contributed by atoms with van der Waals surface area (Å²) in [6.07, 6.45) is 1.98. The number of nitriles is 1. The Balaban J connectivity index is 1.73. The summed E-state index contributed by atoms with van der Waals surface area (Å²) >= 11 is 0. The highest BCUT2D eigenvalue weighted by Crippen LogP contribution is 2.38. The Morgan fingerprint density at radius 3 is 2.81 bits per heavy atom. The summed E-state index contributed by atoms with van der Waals surface area (Å²) in [6.45, 7) is 1.10. The molecular formula is C21H23N3O3. The van der Waals surface area contributed by atoms with Crippen molar-refractivity contribution in [1.82, 2.24) is 4.90 Å². The first kappa shape index (κ1) is 18.7. The summed E-state index contributed by atoms with van der Waals surface area (Å²) in [5.41, 5.74) is 2.06. The van der Waals surface area contributed by atoms with E-state index in [1.54, 1.807) is 38.5 Å². The van der Waals surface area contributed by atoms with Gasteiger partial charge in [-0.15, -0.1) is 0 Å². The van der Waals surface area contributed by atoms with Gasteiger partial charge in [0, 0.05) is 17.7 Å². The van der Waals surface area contributed by atoms with Crippen molar-refractivity contribution in [2.24, 2.45) is 0 Å². The van der Waals surface area contributed by atoms with E-state index < -0.39 is 0 Å². The number of ether oxygens (including phenoxy) is 2. The minimum Gasteiger partial charge on any atom is -0.497 e. The maximum Gasteiger partial charge on any atom is 0.238 e. The van der Waals surface area contributed by atoms with Gasteiger partial charge in [0.1, 0.15) is 17.6 Å². The largest absolute Gasteiger partial charge is 0.497 e. The van der Waals surface area contributed by atoms with Crippen molar-refractivity contribution in [1.29, 1.82) is 5.26 Å². The van der Waals surface area contributed by atoms with Gasteiger partial charge in [-0.3, -0.25) is 9.69 Å². The highest BCUT2D eigenvalue weighted by Gasteiger charge is 2.30. The zero-order valence-corrected chi connectivity index (χ0v) is 15.6. The molecule has 140 valence electrons. The van der Waals surface area contributed by atoms with Gasteiger partial charge in [0.2, 0.25) is 5.91 Å². The van der Waals surface area contributed by atoms with E-state index in [0.29, 0.717) is 11.3 Å². The molecule has 27 heavy (non-hydrogen) atoms. The van der Waals surface area contributed by atoms with Gasteiger partial charge in [-0.2, -0.15) is 5.26 Å². The number of carbonyl (C=O) groups excluding carboxylic acids is 1. The highest BCUT2D eigenvalue weighted by molar-refractivity contribution is 5.93. The molecule has 0 aromatic heterocycles. The molecule has 0 saturated carbocycles. The lowest BCUT2D eigenvalue weighted by Crippen LogP contribution is -2.33. The van der Waals surface area contributed by atoms with E-state index >= 15 is 0 Å². The van der Waals surface area contributed by atoms with Gasteiger partial charge in [0.25, 0.3) is 0 Å². The number of nitrogens with one attached hydrogen (secondary N) is 1. The third-order valence-corrected chi connectivity index (χ3v) is 4.83. The molecule has 1 saturated heterocycles. The number of amides is 1. The van der Waals surface area contributed by atoms with Crippen LogP contribution in [0.25, 0.3) is 0 Å². The van der Waals surface area contributed by atoms with E-state index in [0.717, 1.165) is 36.4 Å². The minimum atomic E-state index is -0.128. The number of rotatable bonds is 6. The maximum atomic E-state index is 12.6. The molecule has 2 aromatic rings. The van der Waals surface area contributed by atoms with Crippen LogP contribution < -0.4 is 14.8 Å². The zero-order valence-electron chi connectivity index (χ0n) is 15.6. The molecule has 0 bridgehead atoms. The molecule has 6 nitrogen and oxygen atoms in total. The van der Waals surface area contributed by atoms with Gasteiger partial charge in [-0.1, -0.05) is 18.2 Å². The van der Waals surface area contributed by atoms with E-state index in [9.17, 15) is 10.1 Å². The number of carbonyl (C=O) groups is 1. The Morgan fingerprint density at radius 2 is 2.07 bits per heavy atom. The molecule has 1 atom stereocenters. The van der Waals surface area contributed by atoms with Crippen molar-refractivity contribution in [3.63, 3.8) is 0 Å². The lowest BCUT2D eigenvalue weighted by Gasteiger charge is -2.26. The predicted octanol–water partition coefficient (Wildman–Crippen LogP) is 3.35. The molecule has 0 spiro atoms. The fourth-order valence-electron chi connectivity index (χ4n) is 3.53. The van der Waals surface area contributed by atoms with Crippen molar-refractivity contribution in [2.75, 3.05) is 32.6 Å².